The fraction of sp³-hybridized carbons (Fsp3) is 0.167. The van der Waals surface area contributed by atoms with Gasteiger partial charge in [-0.2, -0.15) is 0 Å². The van der Waals surface area contributed by atoms with Crippen molar-refractivity contribution < 1.29 is 19.5 Å². The number of hydrogen-bond donors (Lipinski definition) is 1. The van der Waals surface area contributed by atoms with Crippen LogP contribution in [0.5, 0.6) is 0 Å². The van der Waals surface area contributed by atoms with Crippen molar-refractivity contribution in [1.82, 2.24) is 24.9 Å². The quantitative estimate of drug-likeness (QED) is 0.764. The van der Waals surface area contributed by atoms with Crippen LogP contribution in [0.3, 0.4) is 0 Å². The Bertz CT molecular complexity index is 719. The minimum Gasteiger partial charge on any atom is -0.476 e. The molecule has 0 spiro atoms. The Hall–Kier alpha value is -3.10. The van der Waals surface area contributed by atoms with Gasteiger partial charge in [-0.15, -0.1) is 5.10 Å². The van der Waals surface area contributed by atoms with Gasteiger partial charge in [0.1, 0.15) is 0 Å². The minimum absolute atomic E-state index is 0.0781. The number of carboxylic acids is 1. The average molecular weight is 287 g/mol. The molecule has 2 aromatic heterocycles. The van der Waals surface area contributed by atoms with E-state index in [9.17, 15) is 14.4 Å². The number of carbonyl (C=O) groups excluding carboxylic acids is 2. The van der Waals surface area contributed by atoms with E-state index in [1.807, 2.05) is 0 Å². The molecule has 9 nitrogen and oxygen atoms in total. The number of aromatic nitrogens is 4. The number of rotatable bonds is 4. The molecule has 0 fully saturated rings. The molecule has 3 heterocycles. The van der Waals surface area contributed by atoms with Crippen LogP contribution in [0.1, 0.15) is 31.2 Å². The van der Waals surface area contributed by atoms with Crippen molar-refractivity contribution in [1.29, 1.82) is 0 Å². The zero-order valence-corrected chi connectivity index (χ0v) is 10.6. The van der Waals surface area contributed by atoms with Crippen molar-refractivity contribution in [3.8, 4) is 0 Å². The van der Waals surface area contributed by atoms with Gasteiger partial charge in [-0.1, -0.05) is 5.21 Å². The first-order chi connectivity index (χ1) is 10.1. The highest BCUT2D eigenvalue weighted by Gasteiger charge is 2.35. The summed E-state index contributed by atoms with van der Waals surface area (Å²) in [6.45, 7) is 0.244. The minimum atomic E-state index is -1.19. The highest BCUT2D eigenvalue weighted by Crippen LogP contribution is 2.21. The largest absolute Gasteiger partial charge is 0.476 e. The van der Waals surface area contributed by atoms with Crippen LogP contribution in [0.15, 0.2) is 24.7 Å². The molecule has 1 N–H and O–H groups in total. The number of aromatic carboxylic acids is 1. The summed E-state index contributed by atoms with van der Waals surface area (Å²) in [4.78, 5) is 39.7. The van der Waals surface area contributed by atoms with Gasteiger partial charge < -0.3 is 5.11 Å². The maximum Gasteiger partial charge on any atom is 0.358 e. The lowest BCUT2D eigenvalue weighted by molar-refractivity contribution is 0.0643. The third-order valence-electron chi connectivity index (χ3n) is 3.08. The van der Waals surface area contributed by atoms with E-state index in [-0.39, 0.29) is 24.3 Å². The van der Waals surface area contributed by atoms with Crippen LogP contribution >= 0.6 is 0 Å². The number of carbonyl (C=O) groups is 3. The molecule has 2 aromatic rings. The number of pyridine rings is 1. The topological polar surface area (TPSA) is 118 Å². The van der Waals surface area contributed by atoms with Crippen LogP contribution in [0.2, 0.25) is 0 Å². The molecule has 21 heavy (non-hydrogen) atoms. The van der Waals surface area contributed by atoms with Crippen LogP contribution in [0.25, 0.3) is 0 Å². The number of hydrogen-bond acceptors (Lipinski definition) is 6. The molecule has 0 unspecified atom stereocenters. The first kappa shape index (κ1) is 12.9. The second-order valence-corrected chi connectivity index (χ2v) is 4.36. The number of amides is 2. The van der Waals surface area contributed by atoms with E-state index in [0.717, 1.165) is 4.90 Å². The van der Waals surface area contributed by atoms with Crippen LogP contribution in [-0.2, 0) is 6.54 Å². The second kappa shape index (κ2) is 4.78. The Balaban J connectivity index is 1.73. The molecule has 106 valence electrons. The molecule has 0 atom stereocenters. The van der Waals surface area contributed by atoms with E-state index >= 15 is 0 Å². The van der Waals surface area contributed by atoms with Gasteiger partial charge in [0.15, 0.2) is 5.69 Å². The van der Waals surface area contributed by atoms with Crippen LogP contribution in [-0.4, -0.2) is 54.3 Å². The third-order valence-corrected chi connectivity index (χ3v) is 3.08. The molecule has 1 aliphatic rings. The SMILES string of the molecule is O=C(O)c1cn(CCN2C(=O)c3ccncc3C2=O)nn1. The summed E-state index contributed by atoms with van der Waals surface area (Å²) >= 11 is 0. The van der Waals surface area contributed by atoms with Crippen molar-refractivity contribution in [3.63, 3.8) is 0 Å². The van der Waals surface area contributed by atoms with Gasteiger partial charge in [-0.3, -0.25) is 19.5 Å². The van der Waals surface area contributed by atoms with Crippen molar-refractivity contribution >= 4 is 17.8 Å². The molecular formula is C12H9N5O4. The summed E-state index contributed by atoms with van der Waals surface area (Å²) in [5.74, 6) is -1.99. The number of fused-ring (bicyclic) bond motifs is 1. The molecular weight excluding hydrogens is 278 g/mol. The summed E-state index contributed by atoms with van der Waals surface area (Å²) < 4.78 is 1.27. The molecule has 0 aliphatic carbocycles. The summed E-state index contributed by atoms with van der Waals surface area (Å²) in [6, 6.07) is 1.49. The lowest BCUT2D eigenvalue weighted by atomic mass is 10.2. The summed E-state index contributed by atoms with van der Waals surface area (Å²) in [7, 11) is 0. The number of nitrogens with zero attached hydrogens (tertiary/aromatic N) is 5. The van der Waals surface area contributed by atoms with Gasteiger partial charge in [-0.25, -0.2) is 9.48 Å². The molecule has 0 aromatic carbocycles. The maximum absolute atomic E-state index is 12.1. The highest BCUT2D eigenvalue weighted by atomic mass is 16.4. The molecule has 0 radical (unpaired) electrons. The lowest BCUT2D eigenvalue weighted by Gasteiger charge is -2.12. The zero-order valence-electron chi connectivity index (χ0n) is 10.6. The second-order valence-electron chi connectivity index (χ2n) is 4.36. The van der Waals surface area contributed by atoms with E-state index in [1.165, 1.54) is 29.3 Å². The molecule has 1 aliphatic heterocycles. The maximum atomic E-state index is 12.1. The molecule has 0 saturated carbocycles. The van der Waals surface area contributed by atoms with Crippen LogP contribution < -0.4 is 0 Å². The van der Waals surface area contributed by atoms with Gasteiger partial charge in [0.25, 0.3) is 11.8 Å². The Morgan fingerprint density at radius 2 is 1.95 bits per heavy atom. The average Bonchev–Trinajstić information content (AvgIpc) is 3.03. The normalized spacial score (nSPS) is 13.6. The predicted octanol–water partition coefficient (Wildman–Crippen LogP) is -0.333. The molecule has 0 saturated heterocycles. The summed E-state index contributed by atoms with van der Waals surface area (Å²) in [6.07, 6.45) is 4.04. The first-order valence-corrected chi connectivity index (χ1v) is 6.01. The first-order valence-electron chi connectivity index (χ1n) is 6.01. The fourth-order valence-electron chi connectivity index (χ4n) is 2.05. The number of carboxylic acid groups (broad SMARTS) is 1. The van der Waals surface area contributed by atoms with E-state index < -0.39 is 17.8 Å². The lowest BCUT2D eigenvalue weighted by Crippen LogP contribution is -2.33. The molecule has 0 bridgehead atoms. The Morgan fingerprint density at radius 3 is 2.62 bits per heavy atom. The van der Waals surface area contributed by atoms with Crippen molar-refractivity contribution in [2.75, 3.05) is 6.54 Å². The smallest absolute Gasteiger partial charge is 0.358 e. The monoisotopic (exact) mass is 287 g/mol. The van der Waals surface area contributed by atoms with Crippen LogP contribution in [0.4, 0.5) is 0 Å². The fourth-order valence-corrected chi connectivity index (χ4v) is 2.05. The Kier molecular flexibility index (Phi) is 2.94. The van der Waals surface area contributed by atoms with Crippen molar-refractivity contribution in [3.05, 3.63) is 41.5 Å². The highest BCUT2D eigenvalue weighted by molar-refractivity contribution is 6.21. The molecule has 9 heteroatoms. The van der Waals surface area contributed by atoms with Gasteiger partial charge >= 0.3 is 5.97 Å². The van der Waals surface area contributed by atoms with E-state index in [4.69, 9.17) is 5.11 Å². The van der Waals surface area contributed by atoms with Gasteiger partial charge in [0.2, 0.25) is 0 Å². The van der Waals surface area contributed by atoms with E-state index in [1.54, 1.807) is 0 Å². The summed E-state index contributed by atoms with van der Waals surface area (Å²) in [5, 5.41) is 15.8. The van der Waals surface area contributed by atoms with Crippen molar-refractivity contribution in [2.24, 2.45) is 0 Å². The van der Waals surface area contributed by atoms with Gasteiger partial charge in [0, 0.05) is 18.9 Å². The standard InChI is InChI=1S/C12H9N5O4/c18-10-7-1-2-13-5-8(7)11(19)17(10)4-3-16-6-9(12(20)21)14-15-16/h1-2,5-6H,3-4H2,(H,20,21). The summed E-state index contributed by atoms with van der Waals surface area (Å²) in [5.41, 5.74) is 0.397. The Morgan fingerprint density at radius 1 is 1.19 bits per heavy atom. The number of imide groups is 1. The Labute approximate surface area is 117 Å². The zero-order chi connectivity index (χ0) is 15.0. The van der Waals surface area contributed by atoms with E-state index in [0.29, 0.717) is 5.56 Å². The predicted molar refractivity (Wildman–Crippen MR) is 66.6 cm³/mol. The van der Waals surface area contributed by atoms with E-state index in [2.05, 4.69) is 15.3 Å². The van der Waals surface area contributed by atoms with Gasteiger partial charge in [-0.05, 0) is 6.07 Å². The van der Waals surface area contributed by atoms with Crippen molar-refractivity contribution in [2.45, 2.75) is 6.54 Å². The van der Waals surface area contributed by atoms with Crippen LogP contribution in [0, 0.1) is 0 Å². The molecule has 3 rings (SSSR count). The molecule has 2 amide bonds. The third kappa shape index (κ3) is 2.14. The van der Waals surface area contributed by atoms with Gasteiger partial charge in [0.05, 0.1) is 23.9 Å².